The van der Waals surface area contributed by atoms with Gasteiger partial charge in [-0.05, 0) is 94.7 Å². The minimum absolute atomic E-state index is 0.0217. The van der Waals surface area contributed by atoms with E-state index < -0.39 is 17.5 Å². The predicted octanol–water partition coefficient (Wildman–Crippen LogP) is 8.11. The van der Waals surface area contributed by atoms with E-state index in [4.69, 9.17) is 21.3 Å². The van der Waals surface area contributed by atoms with E-state index in [1.807, 2.05) is 24.3 Å². The molecular formula is C35H41ClF3N7O2S. The number of carbonyl (C=O) groups is 1. The first-order valence-electron chi connectivity index (χ1n) is 16.1. The van der Waals surface area contributed by atoms with E-state index in [0.29, 0.717) is 22.6 Å². The summed E-state index contributed by atoms with van der Waals surface area (Å²) < 4.78 is 49.1. The van der Waals surface area contributed by atoms with Crippen molar-refractivity contribution in [3.05, 3.63) is 90.3 Å². The number of rotatable bonds is 16. The van der Waals surface area contributed by atoms with Gasteiger partial charge in [-0.1, -0.05) is 49.1 Å². The van der Waals surface area contributed by atoms with Gasteiger partial charge in [0.2, 0.25) is 5.88 Å². The zero-order chi connectivity index (χ0) is 35.2. The molecule has 1 aliphatic carbocycles. The van der Waals surface area contributed by atoms with Gasteiger partial charge in [-0.3, -0.25) is 9.52 Å². The number of allylic oxidation sites excluding steroid dienone is 2. The molecule has 4 heterocycles. The molecule has 0 radical (unpaired) electrons. The van der Waals surface area contributed by atoms with Crippen LogP contribution < -0.4 is 20.1 Å². The van der Waals surface area contributed by atoms with E-state index in [0.717, 1.165) is 43.3 Å². The van der Waals surface area contributed by atoms with E-state index in [1.165, 1.54) is 16.8 Å². The molecule has 2 fully saturated rings. The first-order chi connectivity index (χ1) is 23.3. The number of hydrogen-bond acceptors (Lipinski definition) is 8. The largest absolute Gasteiger partial charge is 0.477 e. The lowest BCUT2D eigenvalue weighted by atomic mass is 9.90. The summed E-state index contributed by atoms with van der Waals surface area (Å²) in [5, 5.41) is 11.9. The van der Waals surface area contributed by atoms with Crippen molar-refractivity contribution in [2.24, 2.45) is 11.3 Å². The van der Waals surface area contributed by atoms with Crippen LogP contribution in [0.2, 0.25) is 5.15 Å². The van der Waals surface area contributed by atoms with E-state index >= 15 is 0 Å². The van der Waals surface area contributed by atoms with Crippen molar-refractivity contribution in [1.29, 1.82) is 0 Å². The summed E-state index contributed by atoms with van der Waals surface area (Å²) in [6.45, 7) is 13.2. The molecule has 0 bridgehead atoms. The van der Waals surface area contributed by atoms with Crippen LogP contribution in [0.1, 0.15) is 62.7 Å². The zero-order valence-electron chi connectivity index (χ0n) is 27.5. The van der Waals surface area contributed by atoms with Crippen LogP contribution in [0.15, 0.2) is 84.6 Å². The van der Waals surface area contributed by atoms with Crippen LogP contribution in [-0.4, -0.2) is 56.6 Å². The molecule has 1 amide bonds. The van der Waals surface area contributed by atoms with Gasteiger partial charge in [0.05, 0.1) is 23.6 Å². The normalized spacial score (nSPS) is 18.8. The van der Waals surface area contributed by atoms with Gasteiger partial charge in [0, 0.05) is 29.8 Å². The molecule has 3 aromatic heterocycles. The van der Waals surface area contributed by atoms with Crippen molar-refractivity contribution >= 4 is 35.3 Å². The van der Waals surface area contributed by atoms with Crippen LogP contribution >= 0.6 is 23.5 Å². The topological polar surface area (TPSA) is 106 Å². The van der Waals surface area contributed by atoms with Gasteiger partial charge in [0.25, 0.3) is 5.91 Å². The van der Waals surface area contributed by atoms with Gasteiger partial charge >= 0.3 is 6.18 Å². The number of halogens is 4. The van der Waals surface area contributed by atoms with Gasteiger partial charge in [0.1, 0.15) is 16.0 Å². The third-order valence-electron chi connectivity index (χ3n) is 8.94. The summed E-state index contributed by atoms with van der Waals surface area (Å²) in [6, 6.07) is 10.1. The summed E-state index contributed by atoms with van der Waals surface area (Å²) in [5.41, 5.74) is -0.323. The molecule has 14 heteroatoms. The monoisotopic (exact) mass is 715 g/mol. The Kier molecular flexibility index (Phi) is 11.5. The molecule has 3 aromatic rings. The molecular weight excluding hydrogens is 675 g/mol. The number of carbonyl (C=O) groups excluding carboxylic acids is 1. The van der Waals surface area contributed by atoms with Crippen LogP contribution in [0.4, 0.5) is 19.0 Å². The lowest BCUT2D eigenvalue weighted by molar-refractivity contribution is -0.190. The maximum atomic E-state index is 13.2. The Morgan fingerprint density at radius 3 is 2.67 bits per heavy atom. The molecule has 49 heavy (non-hydrogen) atoms. The van der Waals surface area contributed by atoms with Crippen molar-refractivity contribution in [2.75, 3.05) is 18.5 Å². The van der Waals surface area contributed by atoms with Gasteiger partial charge < -0.3 is 15.4 Å². The fourth-order valence-electron chi connectivity index (χ4n) is 5.97. The number of nitrogens with zero attached hydrogens (tertiary/aromatic N) is 4. The Morgan fingerprint density at radius 1 is 1.22 bits per heavy atom. The Hall–Kier alpha value is -3.81. The Balaban J connectivity index is 1.16. The van der Waals surface area contributed by atoms with Gasteiger partial charge in [-0.15, -0.1) is 5.10 Å². The fourth-order valence-corrected chi connectivity index (χ4v) is 6.81. The predicted molar refractivity (Wildman–Crippen MR) is 187 cm³/mol. The lowest BCUT2D eigenvalue weighted by Gasteiger charge is -2.23. The average Bonchev–Trinajstić information content (AvgIpc) is 3.58. The van der Waals surface area contributed by atoms with Crippen LogP contribution in [-0.2, 0) is 0 Å². The van der Waals surface area contributed by atoms with Crippen molar-refractivity contribution in [1.82, 2.24) is 29.8 Å². The SMILES string of the molecule is C=C/C=C(\C=C)C(CCC1CNC(C)(C)C1)Nc1cccc(SNC(=O)c2ccc(-n3ccc(OCCC4(C(F)(F)F)CC4)n3)nc2Cl)n1. The van der Waals surface area contributed by atoms with E-state index in [9.17, 15) is 18.0 Å². The maximum absolute atomic E-state index is 13.2. The molecule has 2 unspecified atom stereocenters. The maximum Gasteiger partial charge on any atom is 0.394 e. The lowest BCUT2D eigenvalue weighted by Crippen LogP contribution is -2.31. The fraction of sp³-hybridized carbons (Fsp3) is 0.429. The van der Waals surface area contributed by atoms with E-state index in [2.05, 4.69) is 52.4 Å². The molecule has 5 rings (SSSR count). The standard InChI is InChI=1S/C35H41ClF3N7O2S/c1-5-8-24(6-2)26(13-11-23-21-33(3,4)40-22-23)41-27-9-7-10-30(42-27)49-45-32(47)25-12-14-28(43-31(25)36)46-19-15-29(44-46)48-20-18-34(16-17-34)35(37,38)39/h5-10,12,14-15,19,23,26,40H,1-2,11,13,16-18,20-22H2,3-4H3,(H,41,42)(H,45,47)/b24-8+. The summed E-state index contributed by atoms with van der Waals surface area (Å²) >= 11 is 7.43. The molecule has 1 aliphatic heterocycles. The minimum Gasteiger partial charge on any atom is -0.477 e. The van der Waals surface area contributed by atoms with Crippen molar-refractivity contribution < 1.29 is 22.7 Å². The van der Waals surface area contributed by atoms with Gasteiger partial charge in [-0.2, -0.15) is 13.2 Å². The second kappa shape index (κ2) is 15.4. The molecule has 2 atom stereocenters. The molecule has 3 N–H and O–H groups in total. The summed E-state index contributed by atoms with van der Waals surface area (Å²) in [7, 11) is 0. The van der Waals surface area contributed by atoms with Crippen LogP contribution in [0.5, 0.6) is 5.88 Å². The van der Waals surface area contributed by atoms with Crippen molar-refractivity contribution in [3.63, 3.8) is 0 Å². The number of aromatic nitrogens is 4. The zero-order valence-corrected chi connectivity index (χ0v) is 29.1. The molecule has 262 valence electrons. The highest BCUT2D eigenvalue weighted by atomic mass is 35.5. The van der Waals surface area contributed by atoms with Crippen molar-refractivity contribution in [2.45, 2.75) is 75.2 Å². The van der Waals surface area contributed by atoms with Crippen molar-refractivity contribution in [3.8, 4) is 11.7 Å². The highest BCUT2D eigenvalue weighted by molar-refractivity contribution is 7.97. The molecule has 2 aliphatic rings. The number of alkyl halides is 3. The second-order valence-electron chi connectivity index (χ2n) is 13.1. The van der Waals surface area contributed by atoms with Crippen LogP contribution in [0.3, 0.4) is 0 Å². The quantitative estimate of drug-likeness (QED) is 0.0776. The van der Waals surface area contributed by atoms with Gasteiger partial charge in [-0.25, -0.2) is 14.6 Å². The third-order valence-corrected chi connectivity index (χ3v) is 9.95. The molecule has 9 nitrogen and oxygen atoms in total. The van der Waals surface area contributed by atoms with Crippen LogP contribution in [0, 0.1) is 11.3 Å². The molecule has 1 saturated carbocycles. The van der Waals surface area contributed by atoms with E-state index in [1.54, 1.807) is 24.4 Å². The Labute approximate surface area is 294 Å². The molecule has 0 aromatic carbocycles. The first kappa shape index (κ1) is 36.5. The number of nitrogens with one attached hydrogen (secondary N) is 3. The summed E-state index contributed by atoms with van der Waals surface area (Å²) in [4.78, 5) is 22.0. The summed E-state index contributed by atoms with van der Waals surface area (Å²) in [5.74, 6) is 1.25. The third kappa shape index (κ3) is 9.46. The molecule has 0 spiro atoms. The number of anilines is 1. The number of ether oxygens (including phenoxy) is 1. The average molecular weight is 716 g/mol. The Bertz CT molecular complexity index is 1690. The second-order valence-corrected chi connectivity index (χ2v) is 14.3. The first-order valence-corrected chi connectivity index (χ1v) is 17.3. The number of hydrogen-bond donors (Lipinski definition) is 3. The number of amides is 1. The minimum atomic E-state index is -4.23. The highest BCUT2D eigenvalue weighted by Crippen LogP contribution is 2.59. The Morgan fingerprint density at radius 2 is 2.02 bits per heavy atom. The van der Waals surface area contributed by atoms with Gasteiger partial charge in [0.15, 0.2) is 5.82 Å². The number of pyridine rings is 2. The van der Waals surface area contributed by atoms with Crippen LogP contribution in [0.25, 0.3) is 5.82 Å². The smallest absolute Gasteiger partial charge is 0.394 e. The molecule has 1 saturated heterocycles. The summed E-state index contributed by atoms with van der Waals surface area (Å²) in [6.07, 6.45) is 6.04. The highest BCUT2D eigenvalue weighted by Gasteiger charge is 2.62. The van der Waals surface area contributed by atoms with E-state index in [-0.39, 0.29) is 54.0 Å².